The van der Waals surface area contributed by atoms with E-state index in [4.69, 9.17) is 11.6 Å². The molecular formula is C20H23ClIN5. The third-order valence-electron chi connectivity index (χ3n) is 3.81. The fourth-order valence-electron chi connectivity index (χ4n) is 2.49. The highest BCUT2D eigenvalue weighted by atomic mass is 127. The second-order valence-corrected chi connectivity index (χ2v) is 6.22. The van der Waals surface area contributed by atoms with E-state index in [1.54, 1.807) is 0 Å². The van der Waals surface area contributed by atoms with E-state index in [1.165, 1.54) is 0 Å². The summed E-state index contributed by atoms with van der Waals surface area (Å²) in [6.45, 7) is 3.99. The van der Waals surface area contributed by atoms with Crippen molar-refractivity contribution >= 4 is 41.5 Å². The smallest absolute Gasteiger partial charge is 0.191 e. The van der Waals surface area contributed by atoms with Crippen LogP contribution in [0.3, 0.4) is 0 Å². The van der Waals surface area contributed by atoms with Gasteiger partial charge in [-0.15, -0.1) is 24.0 Å². The van der Waals surface area contributed by atoms with Crippen LogP contribution in [0.1, 0.15) is 18.3 Å². The van der Waals surface area contributed by atoms with Crippen molar-refractivity contribution < 1.29 is 0 Å². The summed E-state index contributed by atoms with van der Waals surface area (Å²) in [4.78, 5) is 12.4. The summed E-state index contributed by atoms with van der Waals surface area (Å²) < 4.78 is 0. The Morgan fingerprint density at radius 3 is 2.52 bits per heavy atom. The van der Waals surface area contributed by atoms with Gasteiger partial charge in [0.15, 0.2) is 5.96 Å². The Morgan fingerprint density at radius 1 is 1.07 bits per heavy atom. The number of H-pyrrole nitrogens is 1. The van der Waals surface area contributed by atoms with Crippen LogP contribution in [0.15, 0.2) is 65.8 Å². The maximum atomic E-state index is 5.92. The quantitative estimate of drug-likeness (QED) is 0.266. The number of aromatic amines is 1. The summed E-state index contributed by atoms with van der Waals surface area (Å²) in [5.41, 5.74) is 3.23. The first-order valence-corrected chi connectivity index (χ1v) is 8.98. The van der Waals surface area contributed by atoms with Crippen molar-refractivity contribution in [2.24, 2.45) is 4.99 Å². The number of hydrogen-bond donors (Lipinski definition) is 3. The molecule has 0 aliphatic heterocycles. The number of nitrogens with zero attached hydrogens (tertiary/aromatic N) is 2. The Morgan fingerprint density at radius 2 is 1.81 bits per heavy atom. The minimum absolute atomic E-state index is 0. The lowest BCUT2D eigenvalue weighted by atomic mass is 10.2. The lowest BCUT2D eigenvalue weighted by molar-refractivity contribution is 0.786. The molecule has 3 rings (SSSR count). The molecule has 0 atom stereocenters. The van der Waals surface area contributed by atoms with E-state index in [2.05, 4.69) is 37.7 Å². The fraction of sp³-hybridized carbons (Fsp3) is 0.200. The molecule has 0 bridgehead atoms. The predicted molar refractivity (Wildman–Crippen MR) is 123 cm³/mol. The third kappa shape index (κ3) is 6.55. The number of guanidine groups is 1. The highest BCUT2D eigenvalue weighted by molar-refractivity contribution is 14.0. The molecule has 0 aliphatic carbocycles. The molecule has 0 spiro atoms. The summed E-state index contributed by atoms with van der Waals surface area (Å²) in [7, 11) is 0. The topological polar surface area (TPSA) is 65.1 Å². The Hall–Kier alpha value is -2.06. The van der Waals surface area contributed by atoms with Gasteiger partial charge >= 0.3 is 0 Å². The van der Waals surface area contributed by atoms with E-state index >= 15 is 0 Å². The van der Waals surface area contributed by atoms with Crippen LogP contribution in [0.5, 0.6) is 0 Å². The largest absolute Gasteiger partial charge is 0.357 e. The highest BCUT2D eigenvalue weighted by Gasteiger charge is 2.04. The molecule has 142 valence electrons. The standard InChI is InChI=1S/C20H22ClN5.HI/c1-2-22-20(24-12-15-8-10-17(21)11-9-15)25-14-19-23-13-18(26-19)16-6-4-3-5-7-16;/h3-11,13H,2,12,14H2,1H3,(H,23,26)(H2,22,24,25);1H. The Kier molecular flexibility index (Phi) is 8.60. The van der Waals surface area contributed by atoms with Crippen molar-refractivity contribution in [2.45, 2.75) is 20.0 Å². The molecule has 1 aromatic heterocycles. The van der Waals surface area contributed by atoms with Gasteiger partial charge in [0.25, 0.3) is 0 Å². The first-order valence-electron chi connectivity index (χ1n) is 8.60. The van der Waals surface area contributed by atoms with Crippen LogP contribution in [0.25, 0.3) is 11.3 Å². The van der Waals surface area contributed by atoms with Crippen LogP contribution in [0.4, 0.5) is 0 Å². The van der Waals surface area contributed by atoms with Gasteiger partial charge in [0, 0.05) is 11.6 Å². The molecule has 3 N–H and O–H groups in total. The molecular weight excluding hydrogens is 473 g/mol. The van der Waals surface area contributed by atoms with Gasteiger partial charge in [0.05, 0.1) is 25.0 Å². The second-order valence-electron chi connectivity index (χ2n) is 5.78. The summed E-state index contributed by atoms with van der Waals surface area (Å²) >= 11 is 5.92. The van der Waals surface area contributed by atoms with Crippen molar-refractivity contribution in [3.05, 3.63) is 77.2 Å². The monoisotopic (exact) mass is 495 g/mol. The molecule has 0 amide bonds. The van der Waals surface area contributed by atoms with Gasteiger partial charge in [0.2, 0.25) is 0 Å². The SMILES string of the molecule is CCNC(=NCc1ccc(Cl)cc1)NCc1ncc(-c2ccccc2)[nH]1.I. The number of rotatable bonds is 6. The number of imidazole rings is 1. The number of hydrogen-bond acceptors (Lipinski definition) is 2. The van der Waals surface area contributed by atoms with Gasteiger partial charge in [-0.1, -0.05) is 54.1 Å². The predicted octanol–water partition coefficient (Wildman–Crippen LogP) is 4.60. The van der Waals surface area contributed by atoms with Crippen molar-refractivity contribution in [1.29, 1.82) is 0 Å². The lowest BCUT2D eigenvalue weighted by Gasteiger charge is -2.10. The molecule has 0 saturated heterocycles. The van der Waals surface area contributed by atoms with Gasteiger partial charge in [-0.05, 0) is 30.2 Å². The zero-order valence-corrected chi connectivity index (χ0v) is 18.2. The molecule has 5 nitrogen and oxygen atoms in total. The van der Waals surface area contributed by atoms with Crippen LogP contribution in [0, 0.1) is 0 Å². The Labute approximate surface area is 181 Å². The van der Waals surface area contributed by atoms with E-state index in [1.807, 2.05) is 55.6 Å². The zero-order chi connectivity index (χ0) is 18.2. The number of nitrogens with one attached hydrogen (secondary N) is 3. The molecule has 0 fully saturated rings. The minimum Gasteiger partial charge on any atom is -0.357 e. The van der Waals surface area contributed by atoms with Crippen LogP contribution >= 0.6 is 35.6 Å². The maximum absolute atomic E-state index is 5.92. The molecule has 27 heavy (non-hydrogen) atoms. The van der Waals surface area contributed by atoms with Crippen LogP contribution in [0.2, 0.25) is 5.02 Å². The van der Waals surface area contributed by atoms with E-state index in [0.29, 0.717) is 13.1 Å². The van der Waals surface area contributed by atoms with Gasteiger partial charge in [0.1, 0.15) is 5.82 Å². The summed E-state index contributed by atoms with van der Waals surface area (Å²) in [5, 5.41) is 7.28. The summed E-state index contributed by atoms with van der Waals surface area (Å²) in [6, 6.07) is 17.9. The van der Waals surface area contributed by atoms with Crippen molar-refractivity contribution in [3.8, 4) is 11.3 Å². The molecule has 2 aromatic carbocycles. The van der Waals surface area contributed by atoms with E-state index in [0.717, 1.165) is 40.2 Å². The number of aliphatic imine (C=N–C) groups is 1. The Bertz CT molecular complexity index is 846. The van der Waals surface area contributed by atoms with Crippen molar-refractivity contribution in [1.82, 2.24) is 20.6 Å². The van der Waals surface area contributed by atoms with Crippen molar-refractivity contribution in [2.75, 3.05) is 6.54 Å². The number of aromatic nitrogens is 2. The zero-order valence-electron chi connectivity index (χ0n) is 15.1. The average molecular weight is 496 g/mol. The van der Waals surface area contributed by atoms with Crippen molar-refractivity contribution in [3.63, 3.8) is 0 Å². The number of benzene rings is 2. The van der Waals surface area contributed by atoms with Crippen LogP contribution in [-0.2, 0) is 13.1 Å². The molecule has 3 aromatic rings. The van der Waals surface area contributed by atoms with Gasteiger partial charge in [-0.2, -0.15) is 0 Å². The third-order valence-corrected chi connectivity index (χ3v) is 4.07. The molecule has 1 heterocycles. The van der Waals surface area contributed by atoms with Gasteiger partial charge in [-0.3, -0.25) is 0 Å². The molecule has 0 aliphatic rings. The van der Waals surface area contributed by atoms with Gasteiger partial charge in [-0.25, -0.2) is 9.98 Å². The second kappa shape index (κ2) is 10.9. The molecule has 0 saturated carbocycles. The number of halogens is 2. The van der Waals surface area contributed by atoms with E-state index in [9.17, 15) is 0 Å². The first-order chi connectivity index (χ1) is 12.7. The summed E-state index contributed by atoms with van der Waals surface area (Å²) in [5.74, 6) is 1.61. The van der Waals surface area contributed by atoms with Gasteiger partial charge < -0.3 is 15.6 Å². The molecule has 0 unspecified atom stereocenters. The Balaban J connectivity index is 0.00000261. The lowest BCUT2D eigenvalue weighted by Crippen LogP contribution is -2.37. The maximum Gasteiger partial charge on any atom is 0.191 e. The highest BCUT2D eigenvalue weighted by Crippen LogP contribution is 2.15. The van der Waals surface area contributed by atoms with E-state index in [-0.39, 0.29) is 24.0 Å². The fourth-order valence-corrected chi connectivity index (χ4v) is 2.61. The van der Waals surface area contributed by atoms with Crippen LogP contribution in [-0.4, -0.2) is 22.5 Å². The normalized spacial score (nSPS) is 11.0. The molecule has 7 heteroatoms. The van der Waals surface area contributed by atoms with Crippen LogP contribution < -0.4 is 10.6 Å². The first kappa shape index (κ1) is 21.2. The van der Waals surface area contributed by atoms with E-state index < -0.39 is 0 Å². The average Bonchev–Trinajstić information content (AvgIpc) is 3.15. The summed E-state index contributed by atoms with van der Waals surface area (Å²) in [6.07, 6.45) is 1.85. The minimum atomic E-state index is 0. The molecule has 0 radical (unpaired) electrons.